The molecule has 0 fully saturated rings. The van der Waals surface area contributed by atoms with Gasteiger partial charge in [-0.1, -0.05) is 11.8 Å². The van der Waals surface area contributed by atoms with E-state index in [1.54, 1.807) is 0 Å². The van der Waals surface area contributed by atoms with Crippen molar-refractivity contribution in [2.75, 3.05) is 0 Å². The van der Waals surface area contributed by atoms with E-state index in [0.717, 1.165) is 0 Å². The van der Waals surface area contributed by atoms with E-state index < -0.39 is 5.91 Å². The third-order valence-electron chi connectivity index (χ3n) is 2.11. The van der Waals surface area contributed by atoms with E-state index >= 15 is 0 Å². The van der Waals surface area contributed by atoms with Crippen LogP contribution in [0.4, 0.5) is 0 Å². The molecule has 7 nitrogen and oxygen atoms in total. The summed E-state index contributed by atoms with van der Waals surface area (Å²) in [5.41, 5.74) is 2.17. The zero-order valence-corrected chi connectivity index (χ0v) is 9.99. The number of thioether (sulfide) groups is 1. The van der Waals surface area contributed by atoms with Crippen LogP contribution < -0.4 is 16.8 Å². The molecule has 0 aliphatic heterocycles. The van der Waals surface area contributed by atoms with Gasteiger partial charge < -0.3 is 9.40 Å². The predicted molar refractivity (Wildman–Crippen MR) is 64.8 cm³/mol. The maximum absolute atomic E-state index is 11.4. The summed E-state index contributed by atoms with van der Waals surface area (Å²) >= 11 is 1.25. The van der Waals surface area contributed by atoms with Crippen LogP contribution >= 0.6 is 11.8 Å². The van der Waals surface area contributed by atoms with Gasteiger partial charge in [-0.3, -0.25) is 15.0 Å². The van der Waals surface area contributed by atoms with Crippen molar-refractivity contribution in [2.24, 2.45) is 5.84 Å². The van der Waals surface area contributed by atoms with Crippen LogP contribution in [0.2, 0.25) is 0 Å². The van der Waals surface area contributed by atoms with E-state index in [1.807, 2.05) is 5.43 Å². The topological polar surface area (TPSA) is 114 Å². The van der Waals surface area contributed by atoms with Crippen LogP contribution in [-0.2, 0) is 5.75 Å². The Labute approximate surface area is 106 Å². The van der Waals surface area contributed by atoms with Crippen molar-refractivity contribution in [2.45, 2.75) is 10.9 Å². The number of hydrazine groups is 1. The van der Waals surface area contributed by atoms with Gasteiger partial charge in [0, 0.05) is 12.3 Å². The fourth-order valence-corrected chi connectivity index (χ4v) is 2.09. The Kier molecular flexibility index (Phi) is 3.80. The Morgan fingerprint density at radius 3 is 3.11 bits per heavy atom. The van der Waals surface area contributed by atoms with Crippen LogP contribution in [0.1, 0.15) is 16.1 Å². The molecule has 8 heteroatoms. The molecule has 0 aliphatic rings. The number of hydrogen-bond acceptors (Lipinski definition) is 6. The molecule has 2 aromatic heterocycles. The first kappa shape index (κ1) is 12.4. The highest BCUT2D eigenvalue weighted by molar-refractivity contribution is 7.98. The number of hydrogen-bond donors (Lipinski definition) is 3. The lowest BCUT2D eigenvalue weighted by molar-refractivity contribution is 0.0952. The Morgan fingerprint density at radius 2 is 2.39 bits per heavy atom. The molecular weight excluding hydrogens is 256 g/mol. The lowest BCUT2D eigenvalue weighted by Crippen LogP contribution is -2.30. The second-order valence-electron chi connectivity index (χ2n) is 3.26. The zero-order chi connectivity index (χ0) is 13.0. The minimum Gasteiger partial charge on any atom is -0.468 e. The monoisotopic (exact) mass is 266 g/mol. The van der Waals surface area contributed by atoms with Crippen molar-refractivity contribution in [3.8, 4) is 0 Å². The molecule has 0 unspecified atom stereocenters. The molecule has 18 heavy (non-hydrogen) atoms. The molecule has 2 heterocycles. The number of aromatic amines is 1. The van der Waals surface area contributed by atoms with Crippen LogP contribution in [0.3, 0.4) is 0 Å². The molecule has 0 saturated carbocycles. The summed E-state index contributed by atoms with van der Waals surface area (Å²) in [6.45, 7) is 0. The van der Waals surface area contributed by atoms with Crippen molar-refractivity contribution >= 4 is 17.7 Å². The zero-order valence-electron chi connectivity index (χ0n) is 9.17. The fourth-order valence-electron chi connectivity index (χ4n) is 1.29. The number of carbonyl (C=O) groups excluding carboxylic acids is 1. The summed E-state index contributed by atoms with van der Waals surface area (Å²) in [6, 6.07) is 2.85. The molecule has 2 aromatic rings. The van der Waals surface area contributed by atoms with Gasteiger partial charge >= 0.3 is 0 Å². The summed E-state index contributed by atoms with van der Waals surface area (Å²) in [6.07, 6.45) is 2.82. The Balaban J connectivity index is 2.09. The Morgan fingerprint density at radius 1 is 1.56 bits per heavy atom. The van der Waals surface area contributed by atoms with Crippen LogP contribution in [0, 0.1) is 0 Å². The third-order valence-corrected chi connectivity index (χ3v) is 3.00. The number of aromatic nitrogens is 2. The number of nitrogen functional groups attached to an aromatic ring is 1. The van der Waals surface area contributed by atoms with Gasteiger partial charge in [0.05, 0.1) is 17.6 Å². The maximum Gasteiger partial charge on any atom is 0.268 e. The molecule has 0 aliphatic carbocycles. The summed E-state index contributed by atoms with van der Waals surface area (Å²) < 4.78 is 5.18. The highest BCUT2D eigenvalue weighted by atomic mass is 32.2. The molecule has 2 rings (SSSR count). The first-order chi connectivity index (χ1) is 8.70. The number of amides is 1. The van der Waals surface area contributed by atoms with Gasteiger partial charge in [-0.25, -0.2) is 10.8 Å². The number of rotatable bonds is 4. The third kappa shape index (κ3) is 2.79. The lowest BCUT2D eigenvalue weighted by atomic mass is 10.2. The van der Waals surface area contributed by atoms with Crippen LogP contribution in [0.25, 0.3) is 0 Å². The van der Waals surface area contributed by atoms with Crippen LogP contribution in [0.15, 0.2) is 39.0 Å². The normalized spacial score (nSPS) is 10.3. The van der Waals surface area contributed by atoms with E-state index in [2.05, 4.69) is 9.97 Å². The number of carbonyl (C=O) groups is 1. The van der Waals surface area contributed by atoms with E-state index in [9.17, 15) is 9.59 Å². The fraction of sp³-hybridized carbons (Fsp3) is 0.100. The van der Waals surface area contributed by atoms with E-state index in [0.29, 0.717) is 22.2 Å². The molecule has 94 valence electrons. The van der Waals surface area contributed by atoms with Gasteiger partial charge in [0.1, 0.15) is 5.76 Å². The summed E-state index contributed by atoms with van der Waals surface area (Å²) in [7, 11) is 0. The molecule has 0 aromatic carbocycles. The average molecular weight is 266 g/mol. The Hall–Kier alpha value is -2.06. The number of nitrogens with zero attached hydrogens (tertiary/aromatic N) is 1. The van der Waals surface area contributed by atoms with Crippen molar-refractivity contribution < 1.29 is 9.21 Å². The number of H-pyrrole nitrogens is 1. The molecular formula is C10H10N4O3S. The molecule has 4 N–H and O–H groups in total. The lowest BCUT2D eigenvalue weighted by Gasteiger charge is -2.01. The molecule has 0 saturated heterocycles. The minimum atomic E-state index is -0.422. The van der Waals surface area contributed by atoms with Gasteiger partial charge in [0.15, 0.2) is 5.16 Å². The molecule has 0 bridgehead atoms. The van der Waals surface area contributed by atoms with Gasteiger partial charge in [-0.2, -0.15) is 0 Å². The van der Waals surface area contributed by atoms with Gasteiger partial charge in [-0.15, -0.1) is 0 Å². The highest BCUT2D eigenvalue weighted by Crippen LogP contribution is 2.21. The van der Waals surface area contributed by atoms with Crippen molar-refractivity contribution in [1.82, 2.24) is 15.4 Å². The van der Waals surface area contributed by atoms with Gasteiger partial charge in [0.2, 0.25) is 0 Å². The quantitative estimate of drug-likeness (QED) is 0.240. The van der Waals surface area contributed by atoms with Crippen molar-refractivity contribution in [3.63, 3.8) is 0 Å². The maximum atomic E-state index is 11.4. The first-order valence-corrected chi connectivity index (χ1v) is 5.94. The highest BCUT2D eigenvalue weighted by Gasteiger charge is 2.13. The summed E-state index contributed by atoms with van der Waals surface area (Å²) in [4.78, 5) is 29.0. The molecule has 0 radical (unpaired) electrons. The second kappa shape index (κ2) is 5.52. The first-order valence-electron chi connectivity index (χ1n) is 4.96. The van der Waals surface area contributed by atoms with E-state index in [4.69, 9.17) is 10.3 Å². The van der Waals surface area contributed by atoms with Crippen molar-refractivity contribution in [3.05, 3.63) is 46.3 Å². The van der Waals surface area contributed by atoms with Crippen LogP contribution in [0.5, 0.6) is 0 Å². The SMILES string of the molecule is NNC(=O)c1ccoc1CSc1nccc(=O)[nH]1. The molecule has 0 atom stereocenters. The van der Waals surface area contributed by atoms with E-state index in [-0.39, 0.29) is 5.56 Å². The Bertz CT molecular complexity index is 607. The number of nitrogens with two attached hydrogens (primary N) is 1. The predicted octanol–water partition coefficient (Wildman–Crippen LogP) is 0.259. The molecule has 0 spiro atoms. The largest absolute Gasteiger partial charge is 0.468 e. The minimum absolute atomic E-state index is 0.230. The van der Waals surface area contributed by atoms with E-state index in [1.165, 1.54) is 36.4 Å². The van der Waals surface area contributed by atoms with Gasteiger partial charge in [-0.05, 0) is 6.07 Å². The van der Waals surface area contributed by atoms with Gasteiger partial charge in [0.25, 0.3) is 11.5 Å². The van der Waals surface area contributed by atoms with Crippen LogP contribution in [-0.4, -0.2) is 15.9 Å². The number of furan rings is 1. The standard InChI is InChI=1S/C10H10N4O3S/c11-14-9(16)6-2-4-17-7(6)5-18-10-12-3-1-8(15)13-10/h1-4H,5,11H2,(H,14,16)(H,12,13,15). The molecule has 1 amide bonds. The summed E-state index contributed by atoms with van der Waals surface area (Å²) in [5, 5.41) is 0.456. The summed E-state index contributed by atoms with van der Waals surface area (Å²) in [5.74, 6) is 5.46. The number of nitrogens with one attached hydrogen (secondary N) is 2. The second-order valence-corrected chi connectivity index (χ2v) is 4.22. The average Bonchev–Trinajstić information content (AvgIpc) is 2.84. The smallest absolute Gasteiger partial charge is 0.268 e. The van der Waals surface area contributed by atoms with Crippen molar-refractivity contribution in [1.29, 1.82) is 0 Å².